The fourth-order valence-electron chi connectivity index (χ4n) is 1.84. The van der Waals surface area contributed by atoms with Crippen molar-refractivity contribution in [1.29, 1.82) is 0 Å². The minimum atomic E-state index is 0.503. The summed E-state index contributed by atoms with van der Waals surface area (Å²) in [7, 11) is 0. The SMILES string of the molecule is Clc1cc(Cl)c(N2CCCNCC2)cc1Cl. The number of nitrogens with zero attached hydrogens (tertiary/aromatic N) is 1. The van der Waals surface area contributed by atoms with E-state index in [0.29, 0.717) is 15.1 Å². The van der Waals surface area contributed by atoms with Gasteiger partial charge >= 0.3 is 0 Å². The van der Waals surface area contributed by atoms with Crippen LogP contribution in [0.2, 0.25) is 15.1 Å². The number of benzene rings is 1. The molecule has 0 atom stereocenters. The highest BCUT2D eigenvalue weighted by molar-refractivity contribution is 6.44. The Kier molecular flexibility index (Phi) is 4.20. The predicted octanol–water partition coefficient (Wildman–Crippen LogP) is 3.45. The second kappa shape index (κ2) is 5.46. The predicted molar refractivity (Wildman–Crippen MR) is 71.2 cm³/mol. The van der Waals surface area contributed by atoms with Crippen LogP contribution in [0.25, 0.3) is 0 Å². The van der Waals surface area contributed by atoms with E-state index in [2.05, 4.69) is 10.2 Å². The smallest absolute Gasteiger partial charge is 0.0655 e. The first-order valence-electron chi connectivity index (χ1n) is 5.28. The van der Waals surface area contributed by atoms with Gasteiger partial charge in [-0.3, -0.25) is 0 Å². The van der Waals surface area contributed by atoms with Crippen molar-refractivity contribution in [2.45, 2.75) is 6.42 Å². The normalized spacial score (nSPS) is 17.3. The van der Waals surface area contributed by atoms with E-state index < -0.39 is 0 Å². The third kappa shape index (κ3) is 2.75. The van der Waals surface area contributed by atoms with Crippen LogP contribution in [-0.4, -0.2) is 26.2 Å². The van der Waals surface area contributed by atoms with Gasteiger partial charge in [0.05, 0.1) is 20.8 Å². The van der Waals surface area contributed by atoms with E-state index in [9.17, 15) is 0 Å². The monoisotopic (exact) mass is 278 g/mol. The summed E-state index contributed by atoms with van der Waals surface area (Å²) in [6.07, 6.45) is 1.11. The Labute approximate surface area is 110 Å². The van der Waals surface area contributed by atoms with E-state index in [1.54, 1.807) is 6.07 Å². The summed E-state index contributed by atoms with van der Waals surface area (Å²) in [4.78, 5) is 2.24. The highest BCUT2D eigenvalue weighted by Gasteiger charge is 2.14. The molecule has 1 saturated heterocycles. The first kappa shape index (κ1) is 12.3. The molecule has 0 radical (unpaired) electrons. The summed E-state index contributed by atoms with van der Waals surface area (Å²) in [6.45, 7) is 3.95. The molecule has 1 aromatic carbocycles. The summed E-state index contributed by atoms with van der Waals surface area (Å²) < 4.78 is 0. The maximum atomic E-state index is 6.18. The number of rotatable bonds is 1. The second-order valence-electron chi connectivity index (χ2n) is 3.81. The molecule has 0 amide bonds. The van der Waals surface area contributed by atoms with Crippen molar-refractivity contribution in [2.24, 2.45) is 0 Å². The van der Waals surface area contributed by atoms with Crippen molar-refractivity contribution in [3.8, 4) is 0 Å². The van der Waals surface area contributed by atoms with E-state index in [1.165, 1.54) is 0 Å². The Morgan fingerprint density at radius 3 is 2.50 bits per heavy atom. The molecule has 88 valence electrons. The molecule has 5 heteroatoms. The van der Waals surface area contributed by atoms with Gasteiger partial charge in [-0.1, -0.05) is 34.8 Å². The Morgan fingerprint density at radius 1 is 0.938 bits per heavy atom. The highest BCUT2D eigenvalue weighted by atomic mass is 35.5. The third-order valence-corrected chi connectivity index (χ3v) is 3.70. The van der Waals surface area contributed by atoms with Crippen molar-refractivity contribution in [1.82, 2.24) is 5.32 Å². The van der Waals surface area contributed by atoms with E-state index in [-0.39, 0.29) is 0 Å². The van der Waals surface area contributed by atoms with Crippen LogP contribution in [0.5, 0.6) is 0 Å². The lowest BCUT2D eigenvalue weighted by Crippen LogP contribution is -2.28. The lowest BCUT2D eigenvalue weighted by atomic mass is 10.2. The molecule has 0 aliphatic carbocycles. The molecular formula is C11H13Cl3N2. The zero-order valence-corrected chi connectivity index (χ0v) is 11.0. The molecule has 0 bridgehead atoms. The molecule has 0 saturated carbocycles. The fourth-order valence-corrected chi connectivity index (χ4v) is 2.50. The van der Waals surface area contributed by atoms with Crippen molar-refractivity contribution < 1.29 is 0 Å². The molecule has 2 nitrogen and oxygen atoms in total. The number of nitrogens with one attached hydrogen (secondary N) is 1. The molecular weight excluding hydrogens is 266 g/mol. The maximum Gasteiger partial charge on any atom is 0.0655 e. The summed E-state index contributed by atoms with van der Waals surface area (Å²) in [6, 6.07) is 3.55. The third-order valence-electron chi connectivity index (χ3n) is 2.67. The summed E-state index contributed by atoms with van der Waals surface area (Å²) in [5, 5.41) is 5.07. The van der Waals surface area contributed by atoms with Crippen LogP contribution in [0.1, 0.15) is 6.42 Å². The van der Waals surface area contributed by atoms with Crippen LogP contribution in [0.4, 0.5) is 5.69 Å². The molecule has 16 heavy (non-hydrogen) atoms. The van der Waals surface area contributed by atoms with Crippen LogP contribution in [0, 0.1) is 0 Å². The molecule has 1 aliphatic rings. The van der Waals surface area contributed by atoms with Crippen LogP contribution in [0.3, 0.4) is 0 Å². The van der Waals surface area contributed by atoms with Gasteiger partial charge in [-0.25, -0.2) is 0 Å². The molecule has 0 unspecified atom stereocenters. The number of hydrogen-bond acceptors (Lipinski definition) is 2. The van der Waals surface area contributed by atoms with E-state index in [1.807, 2.05) is 6.07 Å². The number of hydrogen-bond donors (Lipinski definition) is 1. The molecule has 1 N–H and O–H groups in total. The molecule has 1 aliphatic heterocycles. The average Bonchev–Trinajstić information content (AvgIpc) is 2.52. The Bertz CT molecular complexity index is 374. The van der Waals surface area contributed by atoms with E-state index in [4.69, 9.17) is 34.8 Å². The summed E-state index contributed by atoms with van der Waals surface area (Å²) >= 11 is 18.1. The molecule has 0 spiro atoms. The van der Waals surface area contributed by atoms with E-state index >= 15 is 0 Å². The van der Waals surface area contributed by atoms with Gasteiger partial charge in [0.25, 0.3) is 0 Å². The van der Waals surface area contributed by atoms with Crippen LogP contribution in [0.15, 0.2) is 12.1 Å². The zero-order chi connectivity index (χ0) is 11.5. The van der Waals surface area contributed by atoms with Gasteiger partial charge in [0.15, 0.2) is 0 Å². The average molecular weight is 280 g/mol. The molecule has 0 aromatic heterocycles. The lowest BCUT2D eigenvalue weighted by molar-refractivity contribution is 0.724. The first-order valence-corrected chi connectivity index (χ1v) is 6.42. The summed E-state index contributed by atoms with van der Waals surface area (Å²) in [5.41, 5.74) is 0.972. The van der Waals surface area contributed by atoms with Crippen LogP contribution < -0.4 is 10.2 Å². The minimum Gasteiger partial charge on any atom is -0.369 e. The minimum absolute atomic E-state index is 0.503. The van der Waals surface area contributed by atoms with Crippen LogP contribution in [-0.2, 0) is 0 Å². The Hall–Kier alpha value is -0.150. The standard InChI is InChI=1S/C11H13Cl3N2/c12-8-6-10(14)11(7-9(8)13)16-4-1-2-15-3-5-16/h6-7,15H,1-5H2. The molecule has 2 rings (SSSR count). The highest BCUT2D eigenvalue weighted by Crippen LogP contribution is 2.34. The fraction of sp³-hybridized carbons (Fsp3) is 0.455. The van der Waals surface area contributed by atoms with Gasteiger partial charge in [-0.05, 0) is 25.1 Å². The van der Waals surface area contributed by atoms with Gasteiger partial charge in [0.1, 0.15) is 0 Å². The Balaban J connectivity index is 2.27. The molecule has 1 heterocycles. The van der Waals surface area contributed by atoms with Gasteiger partial charge in [-0.15, -0.1) is 0 Å². The van der Waals surface area contributed by atoms with Gasteiger partial charge < -0.3 is 10.2 Å². The number of anilines is 1. The maximum absolute atomic E-state index is 6.18. The van der Waals surface area contributed by atoms with Crippen LogP contribution >= 0.6 is 34.8 Å². The van der Waals surface area contributed by atoms with E-state index in [0.717, 1.165) is 38.3 Å². The molecule has 1 fully saturated rings. The van der Waals surface area contributed by atoms with Crippen molar-refractivity contribution in [3.63, 3.8) is 0 Å². The molecule has 1 aromatic rings. The van der Waals surface area contributed by atoms with Crippen molar-refractivity contribution in [3.05, 3.63) is 27.2 Å². The van der Waals surface area contributed by atoms with Gasteiger partial charge in [0.2, 0.25) is 0 Å². The topological polar surface area (TPSA) is 15.3 Å². The van der Waals surface area contributed by atoms with Gasteiger partial charge in [0, 0.05) is 19.6 Å². The van der Waals surface area contributed by atoms with Gasteiger partial charge in [-0.2, -0.15) is 0 Å². The first-order chi connectivity index (χ1) is 7.68. The summed E-state index contributed by atoms with van der Waals surface area (Å²) in [5.74, 6) is 0. The zero-order valence-electron chi connectivity index (χ0n) is 8.77. The second-order valence-corrected chi connectivity index (χ2v) is 5.03. The Morgan fingerprint density at radius 2 is 1.69 bits per heavy atom. The largest absolute Gasteiger partial charge is 0.369 e. The quantitative estimate of drug-likeness (QED) is 0.792. The van der Waals surface area contributed by atoms with Crippen molar-refractivity contribution >= 4 is 40.5 Å². The lowest BCUT2D eigenvalue weighted by Gasteiger charge is -2.23. The number of halogens is 3. The van der Waals surface area contributed by atoms with Crippen molar-refractivity contribution in [2.75, 3.05) is 31.1 Å².